The summed E-state index contributed by atoms with van der Waals surface area (Å²) in [5, 5.41) is 24.8. The number of amides is 1. The lowest BCUT2D eigenvalue weighted by Gasteiger charge is -2.20. The summed E-state index contributed by atoms with van der Waals surface area (Å²) in [6, 6.07) is 13.5. The monoisotopic (exact) mass is 598 g/mol. The Kier molecular flexibility index (Phi) is 11.5. The van der Waals surface area contributed by atoms with Gasteiger partial charge in [0.1, 0.15) is 11.9 Å². The van der Waals surface area contributed by atoms with Gasteiger partial charge in [-0.2, -0.15) is 5.06 Å². The number of nitrogens with one attached hydrogen (secondary N) is 3. The number of carbonyl (C=O) groups excluding carboxylic acids is 1. The quantitative estimate of drug-likeness (QED) is 0.184. The first-order chi connectivity index (χ1) is 20.8. The van der Waals surface area contributed by atoms with E-state index < -0.39 is 17.7 Å². The molecule has 0 bridgehead atoms. The van der Waals surface area contributed by atoms with E-state index in [0.29, 0.717) is 50.7 Å². The standard InChI is InChI=1S/C31H40F2N6O4/c1-4-38-20-24(29(43-38)23-12-13-26(32)27(33)17-23)19-35-21(2)18-36-30-22(3)31(37-39(30)25-9-6-5-7-10-25)42-16-8-11-28(41)34-14-15-40/h5-7,9-10,12-13,17,24,29,35-36,40H,2,4,8,11,14-16,18-20H2,1,3H3,(H,34,41)/t24-,29+/m1/s1. The van der Waals surface area contributed by atoms with Crippen LogP contribution in [0.1, 0.15) is 37.0 Å². The number of aromatic nitrogens is 2. The van der Waals surface area contributed by atoms with Crippen LogP contribution in [-0.2, 0) is 9.63 Å². The lowest BCUT2D eigenvalue weighted by molar-refractivity contribution is -0.145. The first-order valence-corrected chi connectivity index (χ1v) is 14.5. The molecule has 1 amide bonds. The highest BCUT2D eigenvalue weighted by atomic mass is 19.2. The Labute approximate surface area is 250 Å². The fourth-order valence-corrected chi connectivity index (χ4v) is 4.83. The van der Waals surface area contributed by atoms with Crippen LogP contribution in [0.3, 0.4) is 0 Å². The molecule has 1 fully saturated rings. The Morgan fingerprint density at radius 3 is 2.70 bits per heavy atom. The van der Waals surface area contributed by atoms with Crippen molar-refractivity contribution < 1.29 is 28.3 Å². The maximum atomic E-state index is 13.9. The number of hydrogen-bond donors (Lipinski definition) is 4. The van der Waals surface area contributed by atoms with E-state index in [9.17, 15) is 13.6 Å². The number of halogens is 2. The predicted octanol–water partition coefficient (Wildman–Crippen LogP) is 3.87. The van der Waals surface area contributed by atoms with Gasteiger partial charge < -0.3 is 25.8 Å². The van der Waals surface area contributed by atoms with Gasteiger partial charge in [0.15, 0.2) is 11.6 Å². The molecule has 3 aromatic rings. The molecule has 0 aliphatic carbocycles. The number of hydrogen-bond acceptors (Lipinski definition) is 8. The summed E-state index contributed by atoms with van der Waals surface area (Å²) in [6.45, 7) is 10.7. The zero-order chi connectivity index (χ0) is 30.8. The SMILES string of the molecule is C=C(CNc1c(C)c(OCCCC(=O)NCCO)nn1-c1ccccc1)NC[C@@H]1CN(CC)O[C@H]1c1ccc(F)c(F)c1. The van der Waals surface area contributed by atoms with E-state index in [4.69, 9.17) is 14.7 Å². The number of benzene rings is 2. The predicted molar refractivity (Wildman–Crippen MR) is 160 cm³/mol. The first-order valence-electron chi connectivity index (χ1n) is 14.5. The van der Waals surface area contributed by atoms with Gasteiger partial charge in [-0.25, -0.2) is 13.5 Å². The first kappa shape index (κ1) is 31.9. The van der Waals surface area contributed by atoms with Crippen LogP contribution in [0.2, 0.25) is 0 Å². The van der Waals surface area contributed by atoms with E-state index in [-0.39, 0.29) is 31.4 Å². The highest BCUT2D eigenvalue weighted by Crippen LogP contribution is 2.34. The number of para-hydroxylation sites is 1. The minimum atomic E-state index is -0.895. The molecule has 10 nitrogen and oxygen atoms in total. The number of anilines is 1. The second kappa shape index (κ2) is 15.5. The largest absolute Gasteiger partial charge is 0.476 e. The third-order valence-corrected chi connectivity index (χ3v) is 7.14. The van der Waals surface area contributed by atoms with E-state index in [0.717, 1.165) is 28.8 Å². The average Bonchev–Trinajstić information content (AvgIpc) is 3.58. The average molecular weight is 599 g/mol. The van der Waals surface area contributed by atoms with E-state index >= 15 is 0 Å². The molecule has 12 heteroatoms. The van der Waals surface area contributed by atoms with Crippen molar-refractivity contribution in [3.8, 4) is 11.6 Å². The highest BCUT2D eigenvalue weighted by molar-refractivity contribution is 5.75. The molecule has 2 aromatic carbocycles. The molecule has 4 N–H and O–H groups in total. The number of carbonyl (C=O) groups is 1. The van der Waals surface area contributed by atoms with E-state index in [1.807, 2.05) is 49.2 Å². The zero-order valence-electron chi connectivity index (χ0n) is 24.6. The van der Waals surface area contributed by atoms with Gasteiger partial charge in [-0.05, 0) is 43.2 Å². The summed E-state index contributed by atoms with van der Waals surface area (Å²) < 4.78 is 35.2. The molecular weight excluding hydrogens is 558 g/mol. The number of ether oxygens (including phenoxy) is 1. The molecule has 0 saturated carbocycles. The second-order valence-corrected chi connectivity index (χ2v) is 10.3. The number of nitrogens with zero attached hydrogens (tertiary/aromatic N) is 3. The van der Waals surface area contributed by atoms with Gasteiger partial charge >= 0.3 is 0 Å². The van der Waals surface area contributed by atoms with Crippen LogP contribution in [0.5, 0.6) is 5.88 Å². The minimum absolute atomic E-state index is 0.0103. The smallest absolute Gasteiger partial charge is 0.238 e. The molecule has 0 unspecified atom stereocenters. The van der Waals surface area contributed by atoms with Crippen LogP contribution in [0, 0.1) is 24.5 Å². The third-order valence-electron chi connectivity index (χ3n) is 7.14. The van der Waals surface area contributed by atoms with E-state index in [1.165, 1.54) is 6.07 Å². The number of aliphatic hydroxyl groups excluding tert-OH is 1. The Morgan fingerprint density at radius 2 is 1.98 bits per heavy atom. The molecule has 2 atom stereocenters. The zero-order valence-corrected chi connectivity index (χ0v) is 24.6. The molecule has 1 aromatic heterocycles. The van der Waals surface area contributed by atoms with Crippen molar-refractivity contribution in [3.05, 3.63) is 83.6 Å². The minimum Gasteiger partial charge on any atom is -0.476 e. The maximum absolute atomic E-state index is 13.9. The molecular formula is C31H40F2N6O4. The van der Waals surface area contributed by atoms with Gasteiger partial charge in [-0.15, -0.1) is 5.10 Å². The molecule has 232 valence electrons. The van der Waals surface area contributed by atoms with E-state index in [1.54, 1.807) is 10.7 Å². The fraction of sp³-hybridized carbons (Fsp3) is 0.419. The molecule has 2 heterocycles. The van der Waals surface area contributed by atoms with Gasteiger partial charge in [-0.3, -0.25) is 9.63 Å². The second-order valence-electron chi connectivity index (χ2n) is 10.3. The number of aliphatic hydroxyl groups is 1. The Bertz CT molecular complexity index is 1370. The van der Waals surface area contributed by atoms with Gasteiger partial charge in [0.05, 0.1) is 31.0 Å². The van der Waals surface area contributed by atoms with Crippen molar-refractivity contribution in [3.63, 3.8) is 0 Å². The van der Waals surface area contributed by atoms with Crippen molar-refractivity contribution in [2.45, 2.75) is 32.8 Å². The molecule has 4 rings (SSSR count). The van der Waals surface area contributed by atoms with Crippen LogP contribution >= 0.6 is 0 Å². The van der Waals surface area contributed by atoms with Gasteiger partial charge in [-0.1, -0.05) is 37.8 Å². The Balaban J connectivity index is 1.37. The lowest BCUT2D eigenvalue weighted by atomic mass is 9.96. The summed E-state index contributed by atoms with van der Waals surface area (Å²) in [7, 11) is 0. The van der Waals surface area contributed by atoms with Crippen molar-refractivity contribution in [1.29, 1.82) is 0 Å². The normalized spacial score (nSPS) is 16.7. The molecule has 1 saturated heterocycles. The molecule has 0 radical (unpaired) electrons. The van der Waals surface area contributed by atoms with Crippen LogP contribution in [-0.4, -0.2) is 71.8 Å². The molecule has 0 spiro atoms. The summed E-state index contributed by atoms with van der Waals surface area (Å²) in [4.78, 5) is 17.8. The summed E-state index contributed by atoms with van der Waals surface area (Å²) in [5.41, 5.74) is 2.98. The third kappa shape index (κ3) is 8.53. The number of hydroxylamine groups is 2. The summed E-state index contributed by atoms with van der Waals surface area (Å²) in [5.74, 6) is -0.732. The van der Waals surface area contributed by atoms with Crippen molar-refractivity contribution in [1.82, 2.24) is 25.5 Å². The van der Waals surface area contributed by atoms with Crippen LogP contribution in [0.4, 0.5) is 14.6 Å². The lowest BCUT2D eigenvalue weighted by Crippen LogP contribution is -2.29. The Morgan fingerprint density at radius 1 is 1.19 bits per heavy atom. The molecule has 1 aliphatic heterocycles. The van der Waals surface area contributed by atoms with Crippen LogP contribution in [0.15, 0.2) is 60.8 Å². The fourth-order valence-electron chi connectivity index (χ4n) is 4.83. The van der Waals surface area contributed by atoms with Crippen molar-refractivity contribution in [2.24, 2.45) is 5.92 Å². The topological polar surface area (TPSA) is 113 Å². The summed E-state index contributed by atoms with van der Waals surface area (Å²) >= 11 is 0. The summed E-state index contributed by atoms with van der Waals surface area (Å²) in [6.07, 6.45) is 0.378. The van der Waals surface area contributed by atoms with Gasteiger partial charge in [0, 0.05) is 44.2 Å². The van der Waals surface area contributed by atoms with Gasteiger partial charge in [0.2, 0.25) is 11.8 Å². The maximum Gasteiger partial charge on any atom is 0.238 e. The highest BCUT2D eigenvalue weighted by Gasteiger charge is 2.35. The van der Waals surface area contributed by atoms with Crippen molar-refractivity contribution in [2.75, 3.05) is 51.3 Å². The van der Waals surface area contributed by atoms with Crippen LogP contribution in [0.25, 0.3) is 5.69 Å². The molecule has 43 heavy (non-hydrogen) atoms. The Hall–Kier alpha value is -4.00. The number of rotatable bonds is 16. The molecule has 1 aliphatic rings. The van der Waals surface area contributed by atoms with Gasteiger partial charge in [0.25, 0.3) is 0 Å². The van der Waals surface area contributed by atoms with Crippen molar-refractivity contribution >= 4 is 11.7 Å². The van der Waals surface area contributed by atoms with E-state index in [2.05, 4.69) is 27.6 Å². The van der Waals surface area contributed by atoms with Crippen LogP contribution < -0.4 is 20.7 Å².